The number of rotatable bonds is 1. The minimum absolute atomic E-state index is 0.265. The molecule has 1 aromatic rings. The van der Waals surface area contributed by atoms with E-state index in [1.807, 2.05) is 6.07 Å². The summed E-state index contributed by atoms with van der Waals surface area (Å²) in [6.07, 6.45) is 3.34. The second kappa shape index (κ2) is 3.62. The Balaban J connectivity index is 1.86. The van der Waals surface area contributed by atoms with Crippen LogP contribution >= 0.6 is 0 Å². The first-order valence-electron chi connectivity index (χ1n) is 5.86. The molecule has 1 aliphatic carbocycles. The lowest BCUT2D eigenvalue weighted by Crippen LogP contribution is -2.35. The smallest absolute Gasteiger partial charge is 0.0951 e. The van der Waals surface area contributed by atoms with Crippen LogP contribution in [0.3, 0.4) is 0 Å². The van der Waals surface area contributed by atoms with Crippen molar-refractivity contribution in [3.8, 4) is 0 Å². The Hall–Kier alpha value is -0.860. The number of likely N-dealkylation sites (tertiary alicyclic amines) is 1. The van der Waals surface area contributed by atoms with Crippen molar-refractivity contribution in [3.63, 3.8) is 0 Å². The molecular formula is C13H17NO. The van der Waals surface area contributed by atoms with Crippen LogP contribution in [0.2, 0.25) is 0 Å². The summed E-state index contributed by atoms with van der Waals surface area (Å²) in [5.74, 6) is 0. The minimum atomic E-state index is -0.265. The molecule has 0 saturated carbocycles. The number of benzene rings is 1. The summed E-state index contributed by atoms with van der Waals surface area (Å²) in [7, 11) is 0. The molecule has 2 heteroatoms. The zero-order valence-corrected chi connectivity index (χ0v) is 8.89. The Kier molecular flexibility index (Phi) is 2.26. The number of hydrogen-bond donors (Lipinski definition) is 1. The lowest BCUT2D eigenvalue weighted by atomic mass is 10.1. The Morgan fingerprint density at radius 1 is 1.13 bits per heavy atom. The minimum Gasteiger partial charge on any atom is -0.387 e. The van der Waals surface area contributed by atoms with Crippen molar-refractivity contribution in [2.45, 2.75) is 31.4 Å². The van der Waals surface area contributed by atoms with Crippen LogP contribution in [0.1, 0.15) is 30.1 Å². The van der Waals surface area contributed by atoms with Crippen LogP contribution in [0.25, 0.3) is 0 Å². The lowest BCUT2D eigenvalue weighted by molar-refractivity contribution is 0.0750. The van der Waals surface area contributed by atoms with Gasteiger partial charge in [-0.1, -0.05) is 24.3 Å². The van der Waals surface area contributed by atoms with Gasteiger partial charge in [0.25, 0.3) is 0 Å². The zero-order valence-electron chi connectivity index (χ0n) is 8.89. The molecule has 1 heterocycles. The van der Waals surface area contributed by atoms with Gasteiger partial charge in [-0.05, 0) is 43.5 Å². The van der Waals surface area contributed by atoms with E-state index in [0.717, 1.165) is 25.1 Å². The van der Waals surface area contributed by atoms with Gasteiger partial charge in [-0.2, -0.15) is 0 Å². The molecule has 1 fully saturated rings. The predicted molar refractivity (Wildman–Crippen MR) is 59.7 cm³/mol. The van der Waals surface area contributed by atoms with Gasteiger partial charge in [0.15, 0.2) is 0 Å². The molecule has 0 amide bonds. The van der Waals surface area contributed by atoms with Gasteiger partial charge < -0.3 is 5.11 Å². The van der Waals surface area contributed by atoms with E-state index < -0.39 is 0 Å². The molecule has 1 aliphatic heterocycles. The summed E-state index contributed by atoms with van der Waals surface area (Å²) in [6.45, 7) is 2.32. The molecule has 0 radical (unpaired) electrons. The van der Waals surface area contributed by atoms with Gasteiger partial charge in [0.2, 0.25) is 0 Å². The van der Waals surface area contributed by atoms with Crippen LogP contribution < -0.4 is 0 Å². The Bertz CT molecular complexity index is 357. The van der Waals surface area contributed by atoms with Crippen molar-refractivity contribution < 1.29 is 5.11 Å². The first kappa shape index (κ1) is 9.37. The van der Waals surface area contributed by atoms with E-state index >= 15 is 0 Å². The van der Waals surface area contributed by atoms with E-state index in [4.69, 9.17) is 0 Å². The average molecular weight is 203 g/mol. The van der Waals surface area contributed by atoms with Crippen molar-refractivity contribution in [1.82, 2.24) is 4.90 Å². The van der Waals surface area contributed by atoms with E-state index in [1.54, 1.807) is 0 Å². The van der Waals surface area contributed by atoms with E-state index in [1.165, 1.54) is 18.4 Å². The Morgan fingerprint density at radius 3 is 2.60 bits per heavy atom. The molecule has 2 aliphatic rings. The fourth-order valence-corrected chi connectivity index (χ4v) is 2.95. The summed E-state index contributed by atoms with van der Waals surface area (Å²) in [4.78, 5) is 2.45. The largest absolute Gasteiger partial charge is 0.387 e. The number of nitrogens with zero attached hydrogens (tertiary/aromatic N) is 1. The maximum atomic E-state index is 10.3. The fraction of sp³-hybridized carbons (Fsp3) is 0.538. The quantitative estimate of drug-likeness (QED) is 0.751. The molecule has 80 valence electrons. The molecule has 1 unspecified atom stereocenters. The fourth-order valence-electron chi connectivity index (χ4n) is 2.95. The van der Waals surface area contributed by atoms with Gasteiger partial charge in [-0.25, -0.2) is 0 Å². The van der Waals surface area contributed by atoms with Crippen LogP contribution in [-0.4, -0.2) is 29.1 Å². The highest BCUT2D eigenvalue weighted by Crippen LogP contribution is 2.35. The van der Waals surface area contributed by atoms with Crippen molar-refractivity contribution in [3.05, 3.63) is 35.4 Å². The molecule has 15 heavy (non-hydrogen) atoms. The second-order valence-electron chi connectivity index (χ2n) is 4.66. The van der Waals surface area contributed by atoms with Crippen molar-refractivity contribution in [1.29, 1.82) is 0 Å². The van der Waals surface area contributed by atoms with Crippen LogP contribution in [0, 0.1) is 0 Å². The third-order valence-corrected chi connectivity index (χ3v) is 3.78. The molecule has 1 saturated heterocycles. The SMILES string of the molecule is OC1c2ccccc2C[C@@H]1N1CCCC1. The van der Waals surface area contributed by atoms with Gasteiger partial charge in [-0.15, -0.1) is 0 Å². The summed E-state index contributed by atoms with van der Waals surface area (Å²) in [6, 6.07) is 8.64. The highest BCUT2D eigenvalue weighted by atomic mass is 16.3. The first-order valence-corrected chi connectivity index (χ1v) is 5.86. The van der Waals surface area contributed by atoms with Gasteiger partial charge >= 0.3 is 0 Å². The third kappa shape index (κ3) is 1.48. The Morgan fingerprint density at radius 2 is 1.87 bits per heavy atom. The Labute approximate surface area is 90.5 Å². The second-order valence-corrected chi connectivity index (χ2v) is 4.66. The van der Waals surface area contributed by atoms with Crippen LogP contribution in [0.15, 0.2) is 24.3 Å². The maximum absolute atomic E-state index is 10.3. The van der Waals surface area contributed by atoms with E-state index in [2.05, 4.69) is 23.1 Å². The monoisotopic (exact) mass is 203 g/mol. The summed E-state index contributed by atoms with van der Waals surface area (Å²) >= 11 is 0. The highest BCUT2D eigenvalue weighted by Gasteiger charge is 2.35. The van der Waals surface area contributed by atoms with Gasteiger partial charge in [0, 0.05) is 6.04 Å². The highest BCUT2D eigenvalue weighted by molar-refractivity contribution is 5.35. The van der Waals surface area contributed by atoms with Crippen LogP contribution in [0.4, 0.5) is 0 Å². The number of hydrogen-bond acceptors (Lipinski definition) is 2. The predicted octanol–water partition coefficient (Wildman–Crippen LogP) is 1.74. The number of aliphatic hydroxyl groups is 1. The van der Waals surface area contributed by atoms with E-state index in [9.17, 15) is 5.11 Å². The number of aliphatic hydroxyl groups excluding tert-OH is 1. The van der Waals surface area contributed by atoms with Crippen LogP contribution in [-0.2, 0) is 6.42 Å². The standard InChI is InChI=1S/C13H17NO/c15-13-11-6-2-1-5-10(11)9-12(13)14-7-3-4-8-14/h1-2,5-6,12-13,15H,3-4,7-9H2/t12-,13?/m0/s1. The molecule has 1 aromatic carbocycles. The molecular weight excluding hydrogens is 186 g/mol. The average Bonchev–Trinajstić information content (AvgIpc) is 2.87. The van der Waals surface area contributed by atoms with Crippen LogP contribution in [0.5, 0.6) is 0 Å². The molecule has 3 rings (SSSR count). The normalized spacial score (nSPS) is 30.7. The molecule has 0 bridgehead atoms. The summed E-state index contributed by atoms with van der Waals surface area (Å²) < 4.78 is 0. The maximum Gasteiger partial charge on any atom is 0.0951 e. The molecule has 0 aromatic heterocycles. The van der Waals surface area contributed by atoms with Crippen molar-refractivity contribution >= 4 is 0 Å². The zero-order chi connectivity index (χ0) is 10.3. The summed E-state index contributed by atoms with van der Waals surface area (Å²) in [5, 5.41) is 10.3. The van der Waals surface area contributed by atoms with Crippen molar-refractivity contribution in [2.24, 2.45) is 0 Å². The molecule has 2 nitrogen and oxygen atoms in total. The molecule has 2 atom stereocenters. The van der Waals surface area contributed by atoms with Gasteiger partial charge in [0.1, 0.15) is 0 Å². The van der Waals surface area contributed by atoms with E-state index in [0.29, 0.717) is 6.04 Å². The van der Waals surface area contributed by atoms with Gasteiger partial charge in [0.05, 0.1) is 6.10 Å². The topological polar surface area (TPSA) is 23.5 Å². The molecule has 1 N–H and O–H groups in total. The molecule has 0 spiro atoms. The third-order valence-electron chi connectivity index (χ3n) is 3.78. The summed E-state index contributed by atoms with van der Waals surface area (Å²) in [5.41, 5.74) is 2.48. The number of fused-ring (bicyclic) bond motifs is 1. The van der Waals surface area contributed by atoms with Gasteiger partial charge in [-0.3, -0.25) is 4.90 Å². The van der Waals surface area contributed by atoms with E-state index in [-0.39, 0.29) is 6.10 Å². The first-order chi connectivity index (χ1) is 7.36. The lowest BCUT2D eigenvalue weighted by Gasteiger charge is -2.26. The van der Waals surface area contributed by atoms with Crippen molar-refractivity contribution in [2.75, 3.05) is 13.1 Å².